The fourth-order valence-electron chi connectivity index (χ4n) is 3.85. The smallest absolute Gasteiger partial charge is 0.206 e. The summed E-state index contributed by atoms with van der Waals surface area (Å²) in [4.78, 5) is 6.06. The van der Waals surface area contributed by atoms with Crippen LogP contribution in [0.5, 0.6) is 11.5 Å². The standard InChI is InChI=1S/C23H33N3O2S/c1-16(2)13-17(3)25-26-21(20-14-19(27-4)11-12-22(20)28-5)15-29-23(26)24-18-9-7-6-8-10-18/h11-12,14-16,18H,6-10,13H2,1-5H3. The van der Waals surface area contributed by atoms with Crippen molar-refractivity contribution < 1.29 is 9.47 Å². The Morgan fingerprint density at radius 3 is 2.59 bits per heavy atom. The molecule has 0 atom stereocenters. The van der Waals surface area contributed by atoms with Crippen LogP contribution in [-0.2, 0) is 0 Å². The minimum atomic E-state index is 0.398. The Kier molecular flexibility index (Phi) is 7.53. The van der Waals surface area contributed by atoms with Crippen LogP contribution in [0, 0.1) is 5.92 Å². The predicted octanol–water partition coefficient (Wildman–Crippen LogP) is 5.74. The van der Waals surface area contributed by atoms with Gasteiger partial charge in [-0.2, -0.15) is 5.10 Å². The van der Waals surface area contributed by atoms with Crippen LogP contribution in [-0.4, -0.2) is 30.6 Å². The number of rotatable bonds is 7. The molecule has 1 fully saturated rings. The Balaban J connectivity index is 2.13. The second-order valence-corrected chi connectivity index (χ2v) is 8.97. The Morgan fingerprint density at radius 2 is 1.93 bits per heavy atom. The van der Waals surface area contributed by atoms with Crippen molar-refractivity contribution in [2.45, 2.75) is 65.3 Å². The van der Waals surface area contributed by atoms with E-state index in [0.717, 1.165) is 39.7 Å². The Labute approximate surface area is 178 Å². The Bertz CT molecular complexity index is 905. The highest BCUT2D eigenvalue weighted by atomic mass is 32.1. The number of ether oxygens (including phenoxy) is 2. The van der Waals surface area contributed by atoms with Crippen LogP contribution in [0.25, 0.3) is 11.3 Å². The molecule has 1 aliphatic rings. The summed E-state index contributed by atoms with van der Waals surface area (Å²) in [5.74, 6) is 2.16. The molecule has 0 spiro atoms. The van der Waals surface area contributed by atoms with E-state index in [0.29, 0.717) is 12.0 Å². The molecule has 1 heterocycles. The van der Waals surface area contributed by atoms with Crippen LogP contribution in [0.15, 0.2) is 33.7 Å². The summed E-state index contributed by atoms with van der Waals surface area (Å²) in [6.45, 7) is 6.54. The quantitative estimate of drug-likeness (QED) is 0.542. The molecule has 3 rings (SSSR count). The lowest BCUT2D eigenvalue weighted by Crippen LogP contribution is -2.20. The number of aromatic nitrogens is 1. The van der Waals surface area contributed by atoms with Crippen molar-refractivity contribution in [3.63, 3.8) is 0 Å². The third kappa shape index (κ3) is 5.50. The Hall–Kier alpha value is -2.08. The first-order valence-electron chi connectivity index (χ1n) is 10.5. The minimum Gasteiger partial charge on any atom is -0.497 e. The van der Waals surface area contributed by atoms with E-state index in [2.05, 4.69) is 26.2 Å². The molecule has 0 amide bonds. The predicted molar refractivity (Wildman–Crippen MR) is 121 cm³/mol. The van der Waals surface area contributed by atoms with E-state index in [-0.39, 0.29) is 0 Å². The lowest BCUT2D eigenvalue weighted by molar-refractivity contribution is 0.404. The molecule has 1 saturated carbocycles. The number of methoxy groups -OCH3 is 2. The molecule has 0 unspecified atom stereocenters. The summed E-state index contributed by atoms with van der Waals surface area (Å²) < 4.78 is 13.1. The van der Waals surface area contributed by atoms with E-state index in [4.69, 9.17) is 19.6 Å². The molecule has 0 aliphatic heterocycles. The maximum atomic E-state index is 5.64. The van der Waals surface area contributed by atoms with Gasteiger partial charge in [0.1, 0.15) is 11.5 Å². The van der Waals surface area contributed by atoms with Gasteiger partial charge in [0.15, 0.2) is 0 Å². The number of hydrogen-bond donors (Lipinski definition) is 0. The first-order chi connectivity index (χ1) is 14.0. The van der Waals surface area contributed by atoms with E-state index < -0.39 is 0 Å². The maximum absolute atomic E-state index is 5.64. The lowest BCUT2D eigenvalue weighted by atomic mass is 9.96. The third-order valence-electron chi connectivity index (χ3n) is 5.21. The van der Waals surface area contributed by atoms with Gasteiger partial charge in [0, 0.05) is 16.7 Å². The van der Waals surface area contributed by atoms with Gasteiger partial charge in [0.2, 0.25) is 4.80 Å². The minimum absolute atomic E-state index is 0.398. The monoisotopic (exact) mass is 415 g/mol. The molecule has 5 nitrogen and oxygen atoms in total. The van der Waals surface area contributed by atoms with Crippen LogP contribution in [0.3, 0.4) is 0 Å². The largest absolute Gasteiger partial charge is 0.497 e. The van der Waals surface area contributed by atoms with Gasteiger partial charge in [-0.1, -0.05) is 33.1 Å². The van der Waals surface area contributed by atoms with Gasteiger partial charge in [-0.3, -0.25) is 4.99 Å². The molecule has 158 valence electrons. The highest BCUT2D eigenvalue weighted by molar-refractivity contribution is 7.07. The van der Waals surface area contributed by atoms with E-state index in [1.54, 1.807) is 25.6 Å². The zero-order valence-corrected chi connectivity index (χ0v) is 19.1. The molecule has 29 heavy (non-hydrogen) atoms. The van der Waals surface area contributed by atoms with Gasteiger partial charge < -0.3 is 9.47 Å². The van der Waals surface area contributed by atoms with Crippen LogP contribution in [0.1, 0.15) is 59.3 Å². The van der Waals surface area contributed by atoms with Gasteiger partial charge in [-0.05, 0) is 50.3 Å². The van der Waals surface area contributed by atoms with Crippen molar-refractivity contribution in [3.05, 3.63) is 28.4 Å². The summed E-state index contributed by atoms with van der Waals surface area (Å²) >= 11 is 1.65. The van der Waals surface area contributed by atoms with Gasteiger partial charge in [-0.15, -0.1) is 11.3 Å². The van der Waals surface area contributed by atoms with Gasteiger partial charge in [0.25, 0.3) is 0 Å². The van der Waals surface area contributed by atoms with Crippen molar-refractivity contribution in [3.8, 4) is 22.8 Å². The highest BCUT2D eigenvalue weighted by Gasteiger charge is 2.17. The summed E-state index contributed by atoms with van der Waals surface area (Å²) in [6.07, 6.45) is 7.17. The summed E-state index contributed by atoms with van der Waals surface area (Å²) in [7, 11) is 3.38. The summed E-state index contributed by atoms with van der Waals surface area (Å²) in [5, 5.41) is 7.12. The fourth-order valence-corrected chi connectivity index (χ4v) is 4.75. The summed E-state index contributed by atoms with van der Waals surface area (Å²) in [5.41, 5.74) is 3.06. The molecule has 0 radical (unpaired) electrons. The fraction of sp³-hybridized carbons (Fsp3) is 0.565. The second kappa shape index (κ2) is 10.1. The van der Waals surface area contributed by atoms with Gasteiger partial charge >= 0.3 is 0 Å². The molecule has 1 aromatic carbocycles. The number of hydrogen-bond acceptors (Lipinski definition) is 5. The van der Waals surface area contributed by atoms with Crippen molar-refractivity contribution >= 4 is 17.0 Å². The SMILES string of the molecule is COc1ccc(OC)c(-c2csc(=NC3CCCCC3)n2N=C(C)CC(C)C)c1. The molecule has 1 aliphatic carbocycles. The van der Waals surface area contributed by atoms with Crippen LogP contribution in [0.4, 0.5) is 0 Å². The normalized spacial score (nSPS) is 16.5. The number of benzene rings is 1. The maximum Gasteiger partial charge on any atom is 0.206 e. The van der Waals surface area contributed by atoms with Gasteiger partial charge in [-0.25, -0.2) is 4.68 Å². The average Bonchev–Trinajstić information content (AvgIpc) is 3.09. The van der Waals surface area contributed by atoms with Gasteiger partial charge in [0.05, 0.1) is 26.0 Å². The number of nitrogens with zero attached hydrogens (tertiary/aromatic N) is 3. The lowest BCUT2D eigenvalue weighted by Gasteiger charge is -2.17. The second-order valence-electron chi connectivity index (χ2n) is 8.14. The molecule has 0 bridgehead atoms. The van der Waals surface area contributed by atoms with Crippen molar-refractivity contribution in [2.75, 3.05) is 14.2 Å². The molecule has 1 aromatic heterocycles. The third-order valence-corrected chi connectivity index (χ3v) is 6.04. The molecule has 2 aromatic rings. The van der Waals surface area contributed by atoms with E-state index >= 15 is 0 Å². The molecule has 6 heteroatoms. The van der Waals surface area contributed by atoms with Crippen molar-refractivity contribution in [1.29, 1.82) is 0 Å². The van der Waals surface area contributed by atoms with E-state index in [1.807, 2.05) is 22.9 Å². The number of thiazole rings is 1. The zero-order chi connectivity index (χ0) is 20.8. The van der Waals surface area contributed by atoms with Crippen LogP contribution < -0.4 is 14.3 Å². The van der Waals surface area contributed by atoms with Crippen LogP contribution >= 0.6 is 11.3 Å². The van der Waals surface area contributed by atoms with Crippen LogP contribution in [0.2, 0.25) is 0 Å². The average molecular weight is 416 g/mol. The summed E-state index contributed by atoms with van der Waals surface area (Å²) in [6, 6.07) is 6.27. The van der Waals surface area contributed by atoms with Crippen molar-refractivity contribution in [2.24, 2.45) is 16.0 Å². The zero-order valence-electron chi connectivity index (χ0n) is 18.3. The molecular weight excluding hydrogens is 382 g/mol. The van der Waals surface area contributed by atoms with Crippen molar-refractivity contribution in [1.82, 2.24) is 4.68 Å². The molecule has 0 saturated heterocycles. The van der Waals surface area contributed by atoms with E-state index in [9.17, 15) is 0 Å². The first-order valence-corrected chi connectivity index (χ1v) is 11.4. The molecular formula is C23H33N3O2S. The first kappa shape index (κ1) is 21.6. The Morgan fingerprint density at radius 1 is 1.17 bits per heavy atom. The molecule has 0 N–H and O–H groups in total. The highest BCUT2D eigenvalue weighted by Crippen LogP contribution is 2.34. The van der Waals surface area contributed by atoms with E-state index in [1.165, 1.54) is 32.1 Å². The topological polar surface area (TPSA) is 48.1 Å².